The van der Waals surface area contributed by atoms with Crippen molar-refractivity contribution in [2.75, 3.05) is 12.3 Å². The molecule has 0 aliphatic carbocycles. The third-order valence-electron chi connectivity index (χ3n) is 3.36. The molecule has 1 aliphatic heterocycles. The third-order valence-corrected chi connectivity index (χ3v) is 6.33. The van der Waals surface area contributed by atoms with Gasteiger partial charge >= 0.3 is 0 Å². The Kier molecular flexibility index (Phi) is 4.59. The van der Waals surface area contributed by atoms with Crippen molar-refractivity contribution in [1.82, 2.24) is 5.32 Å². The van der Waals surface area contributed by atoms with Gasteiger partial charge in [0.05, 0.1) is 5.56 Å². The largest absolute Gasteiger partial charge is 0.351 e. The van der Waals surface area contributed by atoms with E-state index in [0.29, 0.717) is 0 Å². The lowest BCUT2D eigenvalue weighted by Crippen LogP contribution is -2.37. The van der Waals surface area contributed by atoms with Crippen LogP contribution in [0.25, 0.3) is 0 Å². The highest BCUT2D eigenvalue weighted by Crippen LogP contribution is 2.37. The molecule has 2 nitrogen and oxygen atoms in total. The van der Waals surface area contributed by atoms with Crippen molar-refractivity contribution in [3.05, 3.63) is 32.9 Å². The molecule has 0 aromatic heterocycles. The third kappa shape index (κ3) is 3.20. The van der Waals surface area contributed by atoms with Gasteiger partial charge in [0, 0.05) is 14.9 Å². The normalized spacial score (nSPS) is 23.1. The maximum Gasteiger partial charge on any atom is 0.252 e. The molecule has 2 rings (SSSR count). The van der Waals surface area contributed by atoms with Crippen LogP contribution >= 0.6 is 34.4 Å². The number of benzene rings is 1. The van der Waals surface area contributed by atoms with Crippen LogP contribution in [0.3, 0.4) is 0 Å². The molecule has 1 fully saturated rings. The van der Waals surface area contributed by atoms with E-state index in [0.717, 1.165) is 21.2 Å². The molecule has 1 N–H and O–H groups in total. The van der Waals surface area contributed by atoms with E-state index >= 15 is 0 Å². The number of rotatable bonds is 3. The van der Waals surface area contributed by atoms with Crippen LogP contribution in [0.5, 0.6) is 0 Å². The van der Waals surface area contributed by atoms with Crippen LogP contribution in [0.2, 0.25) is 0 Å². The lowest BCUT2D eigenvalue weighted by atomic mass is 10.1. The number of aryl methyl sites for hydroxylation is 1. The number of thioether (sulfide) groups is 1. The average Bonchev–Trinajstić information content (AvgIpc) is 2.77. The Morgan fingerprint density at radius 2 is 2.33 bits per heavy atom. The summed E-state index contributed by atoms with van der Waals surface area (Å²) in [6.07, 6.45) is 2.46. The van der Waals surface area contributed by atoms with Crippen molar-refractivity contribution in [3.8, 4) is 0 Å². The molecular weight excluding hydrogens is 357 g/mol. The molecule has 0 bridgehead atoms. The van der Waals surface area contributed by atoms with Crippen molar-refractivity contribution in [2.24, 2.45) is 0 Å². The van der Waals surface area contributed by atoms with E-state index in [1.807, 2.05) is 36.9 Å². The highest BCUT2D eigenvalue weighted by Gasteiger charge is 2.29. The molecule has 98 valence electrons. The molecule has 1 unspecified atom stereocenters. The monoisotopic (exact) mass is 375 g/mol. The maximum absolute atomic E-state index is 12.2. The van der Waals surface area contributed by atoms with E-state index in [4.69, 9.17) is 0 Å². The van der Waals surface area contributed by atoms with Gasteiger partial charge in [-0.1, -0.05) is 12.1 Å². The minimum absolute atomic E-state index is 0.0526. The van der Waals surface area contributed by atoms with Crippen molar-refractivity contribution in [1.29, 1.82) is 0 Å². The fourth-order valence-electron chi connectivity index (χ4n) is 2.16. The van der Waals surface area contributed by atoms with Gasteiger partial charge in [0.2, 0.25) is 0 Å². The van der Waals surface area contributed by atoms with E-state index in [2.05, 4.69) is 34.8 Å². The van der Waals surface area contributed by atoms with Crippen LogP contribution in [0.4, 0.5) is 0 Å². The Labute approximate surface area is 126 Å². The van der Waals surface area contributed by atoms with Crippen LogP contribution in [-0.2, 0) is 0 Å². The first-order valence-electron chi connectivity index (χ1n) is 6.19. The Hall–Kier alpha value is -0.230. The van der Waals surface area contributed by atoms with Crippen LogP contribution < -0.4 is 5.32 Å². The second-order valence-corrected chi connectivity index (χ2v) is 7.78. The number of carbonyl (C=O) groups is 1. The molecule has 1 aliphatic rings. The summed E-state index contributed by atoms with van der Waals surface area (Å²) in [4.78, 5) is 12.2. The smallest absolute Gasteiger partial charge is 0.252 e. The van der Waals surface area contributed by atoms with E-state index in [-0.39, 0.29) is 10.7 Å². The fourth-order valence-corrected chi connectivity index (χ4v) is 4.01. The molecule has 4 heteroatoms. The first-order chi connectivity index (χ1) is 8.52. The minimum atomic E-state index is 0.0526. The first-order valence-corrected chi connectivity index (χ1v) is 8.25. The molecule has 1 amide bonds. The Morgan fingerprint density at radius 3 is 3.00 bits per heavy atom. The lowest BCUT2D eigenvalue weighted by Gasteiger charge is -2.23. The molecular formula is C14H18INOS. The Bertz CT molecular complexity index is 455. The van der Waals surface area contributed by atoms with Crippen LogP contribution in [0.1, 0.15) is 35.7 Å². The summed E-state index contributed by atoms with van der Waals surface area (Å²) in [6.45, 7) is 5.04. The summed E-state index contributed by atoms with van der Waals surface area (Å²) < 4.78 is 1.28. The summed E-state index contributed by atoms with van der Waals surface area (Å²) in [5.41, 5.74) is 1.95. The summed E-state index contributed by atoms with van der Waals surface area (Å²) >= 11 is 4.22. The molecule has 1 saturated heterocycles. The molecule has 0 saturated carbocycles. The Morgan fingerprint density at radius 1 is 1.56 bits per heavy atom. The van der Waals surface area contributed by atoms with Gasteiger partial charge in [-0.2, -0.15) is 11.8 Å². The molecule has 1 heterocycles. The summed E-state index contributed by atoms with van der Waals surface area (Å²) in [7, 11) is 0. The molecule has 18 heavy (non-hydrogen) atoms. The Balaban J connectivity index is 2.01. The van der Waals surface area contributed by atoms with E-state index in [9.17, 15) is 4.79 Å². The number of hydrogen-bond acceptors (Lipinski definition) is 2. The molecule has 0 spiro atoms. The van der Waals surface area contributed by atoms with Gasteiger partial charge in [0.1, 0.15) is 0 Å². The van der Waals surface area contributed by atoms with E-state index < -0.39 is 0 Å². The first kappa shape index (κ1) is 14.2. The van der Waals surface area contributed by atoms with Crippen LogP contribution in [-0.4, -0.2) is 23.0 Å². The topological polar surface area (TPSA) is 29.1 Å². The van der Waals surface area contributed by atoms with Crippen LogP contribution in [0, 0.1) is 10.5 Å². The summed E-state index contributed by atoms with van der Waals surface area (Å²) in [5.74, 6) is 1.27. The molecule has 1 aromatic carbocycles. The quantitative estimate of drug-likeness (QED) is 0.818. The predicted octanol–water partition coefficient (Wildman–Crippen LogP) is 3.62. The summed E-state index contributed by atoms with van der Waals surface area (Å²) in [5, 5.41) is 3.08. The molecule has 1 atom stereocenters. The zero-order valence-electron chi connectivity index (χ0n) is 10.8. The van der Waals surface area contributed by atoms with Gasteiger partial charge in [-0.15, -0.1) is 0 Å². The summed E-state index contributed by atoms with van der Waals surface area (Å²) in [6, 6.07) is 5.87. The van der Waals surface area contributed by atoms with Gasteiger partial charge in [0.15, 0.2) is 0 Å². The SMILES string of the molecule is Cc1cccc(C(=O)NCC2(C)CCCS2)c1I. The highest BCUT2D eigenvalue weighted by atomic mass is 127. The molecule has 0 radical (unpaired) electrons. The van der Waals surface area contributed by atoms with Gasteiger partial charge in [-0.25, -0.2) is 0 Å². The zero-order chi connectivity index (χ0) is 13.2. The number of amides is 1. The van der Waals surface area contributed by atoms with Crippen molar-refractivity contribution in [3.63, 3.8) is 0 Å². The maximum atomic E-state index is 12.2. The standard InChI is InChI=1S/C14H18INOS/c1-10-5-3-6-11(12(10)15)13(17)16-9-14(2)7-4-8-18-14/h3,5-6H,4,7-9H2,1-2H3,(H,16,17). The highest BCUT2D eigenvalue weighted by molar-refractivity contribution is 14.1. The zero-order valence-corrected chi connectivity index (χ0v) is 13.7. The number of hydrogen-bond donors (Lipinski definition) is 1. The average molecular weight is 375 g/mol. The van der Waals surface area contributed by atoms with Gasteiger partial charge < -0.3 is 5.32 Å². The second-order valence-electron chi connectivity index (χ2n) is 5.02. The number of nitrogens with one attached hydrogen (secondary N) is 1. The number of halogens is 1. The number of carbonyl (C=O) groups excluding carboxylic acids is 1. The fraction of sp³-hybridized carbons (Fsp3) is 0.500. The lowest BCUT2D eigenvalue weighted by molar-refractivity contribution is 0.0949. The molecule has 1 aromatic rings. The van der Waals surface area contributed by atoms with Crippen molar-refractivity contribution in [2.45, 2.75) is 31.4 Å². The van der Waals surface area contributed by atoms with Crippen molar-refractivity contribution < 1.29 is 4.79 Å². The second kappa shape index (κ2) is 5.82. The van der Waals surface area contributed by atoms with Crippen LogP contribution in [0.15, 0.2) is 18.2 Å². The van der Waals surface area contributed by atoms with Gasteiger partial charge in [0.25, 0.3) is 5.91 Å². The van der Waals surface area contributed by atoms with Gasteiger partial charge in [-0.3, -0.25) is 4.79 Å². The van der Waals surface area contributed by atoms with E-state index in [1.54, 1.807) is 0 Å². The van der Waals surface area contributed by atoms with E-state index in [1.165, 1.54) is 18.6 Å². The van der Waals surface area contributed by atoms with Gasteiger partial charge in [-0.05, 0) is 66.7 Å². The predicted molar refractivity (Wildman–Crippen MR) is 86.3 cm³/mol. The minimum Gasteiger partial charge on any atom is -0.351 e. The van der Waals surface area contributed by atoms with Crippen molar-refractivity contribution >= 4 is 40.3 Å².